The van der Waals surface area contributed by atoms with Gasteiger partial charge in [0, 0.05) is 45.1 Å². The fourth-order valence-corrected chi connectivity index (χ4v) is 3.87. The molecule has 0 aliphatic carbocycles. The number of carbonyl (C=O) groups is 2. The SMILES string of the molecule is CNc1nc(C2CCN(C(C)=O)CC2)nc2c1CCN(C(=O)CN(C)C)C2. The van der Waals surface area contributed by atoms with Crippen LogP contribution in [0.1, 0.15) is 42.8 Å². The molecule has 8 nitrogen and oxygen atoms in total. The summed E-state index contributed by atoms with van der Waals surface area (Å²) in [4.78, 5) is 39.3. The zero-order chi connectivity index (χ0) is 19.6. The highest BCUT2D eigenvalue weighted by molar-refractivity contribution is 5.78. The summed E-state index contributed by atoms with van der Waals surface area (Å²) in [5, 5.41) is 3.21. The van der Waals surface area contributed by atoms with Gasteiger partial charge in [-0.2, -0.15) is 0 Å². The minimum Gasteiger partial charge on any atom is -0.373 e. The molecule has 0 spiro atoms. The summed E-state index contributed by atoms with van der Waals surface area (Å²) in [6.45, 7) is 4.78. The summed E-state index contributed by atoms with van der Waals surface area (Å²) >= 11 is 0. The Morgan fingerprint density at radius 2 is 1.85 bits per heavy atom. The number of anilines is 1. The molecule has 3 rings (SSSR count). The monoisotopic (exact) mass is 374 g/mol. The number of hydrogen-bond acceptors (Lipinski definition) is 6. The number of rotatable bonds is 4. The molecule has 1 N–H and O–H groups in total. The summed E-state index contributed by atoms with van der Waals surface area (Å²) in [7, 11) is 5.69. The van der Waals surface area contributed by atoms with Gasteiger partial charge in [-0.1, -0.05) is 0 Å². The molecule has 1 aromatic rings. The highest BCUT2D eigenvalue weighted by atomic mass is 16.2. The van der Waals surface area contributed by atoms with Crippen molar-refractivity contribution in [3.05, 3.63) is 17.1 Å². The first-order valence-corrected chi connectivity index (χ1v) is 9.64. The first-order chi connectivity index (χ1) is 12.9. The van der Waals surface area contributed by atoms with Gasteiger partial charge < -0.3 is 20.0 Å². The fraction of sp³-hybridized carbons (Fsp3) is 0.684. The number of hydrogen-bond donors (Lipinski definition) is 1. The van der Waals surface area contributed by atoms with Crippen LogP contribution in [0.25, 0.3) is 0 Å². The minimum atomic E-state index is 0.130. The molecule has 0 unspecified atom stereocenters. The number of fused-ring (bicyclic) bond motifs is 1. The van der Waals surface area contributed by atoms with Gasteiger partial charge in [0.2, 0.25) is 11.8 Å². The van der Waals surface area contributed by atoms with Crippen LogP contribution in [0.5, 0.6) is 0 Å². The number of nitrogens with one attached hydrogen (secondary N) is 1. The highest BCUT2D eigenvalue weighted by Crippen LogP contribution is 2.30. The summed E-state index contributed by atoms with van der Waals surface area (Å²) in [6, 6.07) is 0. The van der Waals surface area contributed by atoms with E-state index in [0.717, 1.165) is 55.3 Å². The van der Waals surface area contributed by atoms with Crippen molar-refractivity contribution in [2.24, 2.45) is 0 Å². The van der Waals surface area contributed by atoms with Crippen LogP contribution in [0.2, 0.25) is 0 Å². The molecule has 8 heteroatoms. The number of aromatic nitrogens is 2. The molecule has 3 heterocycles. The van der Waals surface area contributed by atoms with Crippen LogP contribution in [0, 0.1) is 0 Å². The molecule has 148 valence electrons. The average molecular weight is 374 g/mol. The standard InChI is InChI=1S/C19H30N6O2/c1-13(26)24-8-5-14(6-9-24)18-21-16-11-25(17(27)12-23(3)4)10-7-15(16)19(20-2)22-18/h14H,5-12H2,1-4H3,(H,20,21,22). The van der Waals surface area contributed by atoms with E-state index >= 15 is 0 Å². The molecule has 1 aromatic heterocycles. The zero-order valence-corrected chi connectivity index (χ0v) is 16.8. The largest absolute Gasteiger partial charge is 0.373 e. The fourth-order valence-electron chi connectivity index (χ4n) is 3.87. The van der Waals surface area contributed by atoms with Crippen molar-refractivity contribution in [1.82, 2.24) is 24.7 Å². The van der Waals surface area contributed by atoms with Gasteiger partial charge in [-0.05, 0) is 33.4 Å². The quantitative estimate of drug-likeness (QED) is 0.835. The van der Waals surface area contributed by atoms with E-state index in [2.05, 4.69) is 5.32 Å². The van der Waals surface area contributed by atoms with Gasteiger partial charge >= 0.3 is 0 Å². The van der Waals surface area contributed by atoms with E-state index in [1.807, 2.05) is 35.8 Å². The van der Waals surface area contributed by atoms with Crippen LogP contribution in [-0.4, -0.2) is 83.8 Å². The Morgan fingerprint density at radius 3 is 2.44 bits per heavy atom. The third-order valence-electron chi connectivity index (χ3n) is 5.43. The third kappa shape index (κ3) is 4.37. The Hall–Kier alpha value is -2.22. The maximum absolute atomic E-state index is 12.4. The van der Waals surface area contributed by atoms with Gasteiger partial charge in [-0.25, -0.2) is 9.97 Å². The van der Waals surface area contributed by atoms with E-state index in [0.29, 0.717) is 19.6 Å². The lowest BCUT2D eigenvalue weighted by Gasteiger charge is -2.33. The smallest absolute Gasteiger partial charge is 0.237 e. The molecule has 1 fully saturated rings. The number of nitrogens with zero attached hydrogens (tertiary/aromatic N) is 5. The van der Waals surface area contributed by atoms with E-state index in [1.54, 1.807) is 6.92 Å². The number of amides is 2. The number of piperidine rings is 1. The predicted molar refractivity (Wildman–Crippen MR) is 103 cm³/mol. The van der Waals surface area contributed by atoms with Crippen molar-refractivity contribution in [2.45, 2.75) is 38.6 Å². The summed E-state index contributed by atoms with van der Waals surface area (Å²) in [5.41, 5.74) is 2.08. The Bertz CT molecular complexity index is 712. The van der Waals surface area contributed by atoms with Crippen molar-refractivity contribution in [1.29, 1.82) is 0 Å². The molecule has 2 aliphatic heterocycles. The van der Waals surface area contributed by atoms with Gasteiger partial charge in [0.05, 0.1) is 18.8 Å². The van der Waals surface area contributed by atoms with Crippen molar-refractivity contribution in [3.63, 3.8) is 0 Å². The molecule has 0 atom stereocenters. The number of carbonyl (C=O) groups excluding carboxylic acids is 2. The molecular weight excluding hydrogens is 344 g/mol. The van der Waals surface area contributed by atoms with Crippen molar-refractivity contribution in [2.75, 3.05) is 52.6 Å². The highest BCUT2D eigenvalue weighted by Gasteiger charge is 2.29. The van der Waals surface area contributed by atoms with Crippen LogP contribution < -0.4 is 5.32 Å². The summed E-state index contributed by atoms with van der Waals surface area (Å²) in [5.74, 6) is 2.23. The predicted octanol–water partition coefficient (Wildman–Crippen LogP) is 0.691. The van der Waals surface area contributed by atoms with Crippen LogP contribution in [0.15, 0.2) is 0 Å². The van der Waals surface area contributed by atoms with Gasteiger partial charge in [0.15, 0.2) is 0 Å². The van der Waals surface area contributed by atoms with Crippen LogP contribution in [-0.2, 0) is 22.6 Å². The second kappa shape index (κ2) is 8.21. The molecule has 0 aromatic carbocycles. The van der Waals surface area contributed by atoms with Gasteiger partial charge in [-0.15, -0.1) is 0 Å². The third-order valence-corrected chi connectivity index (χ3v) is 5.43. The Balaban J connectivity index is 1.79. The van der Waals surface area contributed by atoms with E-state index in [4.69, 9.17) is 9.97 Å². The van der Waals surface area contributed by atoms with E-state index in [1.165, 1.54) is 0 Å². The number of likely N-dealkylation sites (N-methyl/N-ethyl adjacent to an activating group) is 1. The van der Waals surface area contributed by atoms with E-state index in [9.17, 15) is 9.59 Å². The molecule has 2 aliphatic rings. The maximum Gasteiger partial charge on any atom is 0.237 e. The maximum atomic E-state index is 12.4. The second-order valence-corrected chi connectivity index (χ2v) is 7.69. The molecule has 0 saturated carbocycles. The van der Waals surface area contributed by atoms with E-state index < -0.39 is 0 Å². The van der Waals surface area contributed by atoms with Gasteiger partial charge in [0.25, 0.3) is 0 Å². The average Bonchev–Trinajstić information content (AvgIpc) is 2.66. The van der Waals surface area contributed by atoms with E-state index in [-0.39, 0.29) is 17.7 Å². The van der Waals surface area contributed by atoms with Crippen molar-refractivity contribution >= 4 is 17.6 Å². The van der Waals surface area contributed by atoms with Crippen molar-refractivity contribution < 1.29 is 9.59 Å². The van der Waals surface area contributed by atoms with Crippen LogP contribution in [0.3, 0.4) is 0 Å². The molecule has 0 bridgehead atoms. The lowest BCUT2D eigenvalue weighted by atomic mass is 9.95. The van der Waals surface area contributed by atoms with Crippen LogP contribution in [0.4, 0.5) is 5.82 Å². The first-order valence-electron chi connectivity index (χ1n) is 9.64. The zero-order valence-electron chi connectivity index (χ0n) is 16.8. The Labute approximate surface area is 160 Å². The second-order valence-electron chi connectivity index (χ2n) is 7.69. The van der Waals surface area contributed by atoms with Gasteiger partial charge in [-0.3, -0.25) is 9.59 Å². The Kier molecular flexibility index (Phi) is 5.94. The number of likely N-dealkylation sites (tertiary alicyclic amines) is 1. The Morgan fingerprint density at radius 1 is 1.15 bits per heavy atom. The topological polar surface area (TPSA) is 81.7 Å². The molecular formula is C19H30N6O2. The van der Waals surface area contributed by atoms with Gasteiger partial charge in [0.1, 0.15) is 11.6 Å². The normalized spacial score (nSPS) is 17.8. The molecule has 0 radical (unpaired) electrons. The first kappa shape index (κ1) is 19.5. The molecule has 2 amide bonds. The summed E-state index contributed by atoms with van der Waals surface area (Å²) < 4.78 is 0. The molecule has 1 saturated heterocycles. The lowest BCUT2D eigenvalue weighted by molar-refractivity contribution is -0.133. The lowest BCUT2D eigenvalue weighted by Crippen LogP contribution is -2.41. The minimum absolute atomic E-state index is 0.130. The van der Waals surface area contributed by atoms with Crippen LogP contribution >= 0.6 is 0 Å². The molecule has 27 heavy (non-hydrogen) atoms. The van der Waals surface area contributed by atoms with Crippen molar-refractivity contribution in [3.8, 4) is 0 Å². The summed E-state index contributed by atoms with van der Waals surface area (Å²) in [6.07, 6.45) is 2.53.